The molecule has 0 fully saturated rings. The van der Waals surface area contributed by atoms with Gasteiger partial charge in [-0.15, -0.1) is 0 Å². The SMILES string of the molecule is NNc1nc(NCCCCn2ccnc2)c(Cl)cc1Cl. The van der Waals surface area contributed by atoms with Crippen LogP contribution in [0.5, 0.6) is 0 Å². The minimum atomic E-state index is 0.392. The number of hydrogen-bond acceptors (Lipinski definition) is 5. The lowest BCUT2D eigenvalue weighted by atomic mass is 10.3. The standard InChI is InChI=1S/C12H16Cl2N6/c13-9-7-10(14)12(19-15)18-11(9)17-3-1-2-5-20-6-4-16-8-20/h4,6-8H,1-3,5,15H2,(H2,17,18,19). The molecular formula is C12H16Cl2N6. The van der Waals surface area contributed by atoms with Crippen LogP contribution in [-0.4, -0.2) is 21.1 Å². The van der Waals surface area contributed by atoms with Gasteiger partial charge in [0.05, 0.1) is 16.4 Å². The van der Waals surface area contributed by atoms with Gasteiger partial charge in [0.1, 0.15) is 5.82 Å². The molecular weight excluding hydrogens is 299 g/mol. The molecule has 0 bridgehead atoms. The first-order chi connectivity index (χ1) is 9.70. The zero-order valence-electron chi connectivity index (χ0n) is 10.8. The first-order valence-corrected chi connectivity index (χ1v) is 6.98. The summed E-state index contributed by atoms with van der Waals surface area (Å²) in [6.45, 7) is 1.71. The van der Waals surface area contributed by atoms with Crippen LogP contribution in [0.2, 0.25) is 10.0 Å². The number of hydrazine groups is 1. The van der Waals surface area contributed by atoms with E-state index >= 15 is 0 Å². The highest BCUT2D eigenvalue weighted by atomic mass is 35.5. The van der Waals surface area contributed by atoms with E-state index in [2.05, 4.69) is 20.7 Å². The number of halogens is 2. The fourth-order valence-electron chi connectivity index (χ4n) is 1.74. The van der Waals surface area contributed by atoms with Crippen molar-refractivity contribution < 1.29 is 0 Å². The molecule has 0 aliphatic carbocycles. The molecule has 4 N–H and O–H groups in total. The van der Waals surface area contributed by atoms with Crippen LogP contribution < -0.4 is 16.6 Å². The van der Waals surface area contributed by atoms with Crippen molar-refractivity contribution in [3.8, 4) is 0 Å². The number of pyridine rings is 1. The van der Waals surface area contributed by atoms with Crippen molar-refractivity contribution in [1.82, 2.24) is 14.5 Å². The maximum Gasteiger partial charge on any atom is 0.161 e. The summed E-state index contributed by atoms with van der Waals surface area (Å²) in [5.41, 5.74) is 2.43. The molecule has 2 aromatic rings. The molecule has 0 aliphatic heterocycles. The van der Waals surface area contributed by atoms with Crippen LogP contribution in [0.15, 0.2) is 24.8 Å². The number of unbranched alkanes of at least 4 members (excludes halogenated alkanes) is 1. The third-order valence-electron chi connectivity index (χ3n) is 2.76. The molecule has 0 amide bonds. The average Bonchev–Trinajstić information content (AvgIpc) is 2.93. The first kappa shape index (κ1) is 14.9. The summed E-state index contributed by atoms with van der Waals surface area (Å²) < 4.78 is 2.05. The molecule has 8 heteroatoms. The molecule has 2 heterocycles. The minimum absolute atomic E-state index is 0.392. The summed E-state index contributed by atoms with van der Waals surface area (Å²) in [6, 6.07) is 1.61. The number of anilines is 2. The molecule has 0 aliphatic rings. The van der Waals surface area contributed by atoms with Gasteiger partial charge in [-0.1, -0.05) is 23.2 Å². The highest BCUT2D eigenvalue weighted by Gasteiger charge is 2.07. The summed E-state index contributed by atoms with van der Waals surface area (Å²) in [4.78, 5) is 8.21. The quantitative estimate of drug-likeness (QED) is 0.416. The van der Waals surface area contributed by atoms with Crippen LogP contribution in [0, 0.1) is 0 Å². The number of nitrogens with zero attached hydrogens (tertiary/aromatic N) is 3. The van der Waals surface area contributed by atoms with Gasteiger partial charge in [-0.05, 0) is 18.9 Å². The van der Waals surface area contributed by atoms with E-state index in [9.17, 15) is 0 Å². The lowest BCUT2D eigenvalue weighted by Crippen LogP contribution is -2.11. The van der Waals surface area contributed by atoms with Crippen molar-refractivity contribution >= 4 is 34.8 Å². The average molecular weight is 315 g/mol. The second-order valence-electron chi connectivity index (χ2n) is 4.23. The number of aromatic nitrogens is 3. The van der Waals surface area contributed by atoms with E-state index in [4.69, 9.17) is 29.0 Å². The van der Waals surface area contributed by atoms with Crippen molar-refractivity contribution in [3.05, 3.63) is 34.8 Å². The third-order valence-corrected chi connectivity index (χ3v) is 3.34. The van der Waals surface area contributed by atoms with E-state index < -0.39 is 0 Å². The second kappa shape index (κ2) is 7.33. The number of nitrogens with one attached hydrogen (secondary N) is 2. The largest absolute Gasteiger partial charge is 0.369 e. The molecule has 0 radical (unpaired) electrons. The highest BCUT2D eigenvalue weighted by Crippen LogP contribution is 2.28. The van der Waals surface area contributed by atoms with E-state index in [1.807, 2.05) is 17.1 Å². The van der Waals surface area contributed by atoms with Crippen molar-refractivity contribution in [2.24, 2.45) is 5.84 Å². The number of imidazole rings is 1. The highest BCUT2D eigenvalue weighted by molar-refractivity contribution is 6.37. The van der Waals surface area contributed by atoms with Gasteiger partial charge in [0.15, 0.2) is 5.82 Å². The molecule has 0 spiro atoms. The molecule has 0 saturated heterocycles. The van der Waals surface area contributed by atoms with E-state index in [-0.39, 0.29) is 0 Å². The molecule has 0 aromatic carbocycles. The number of nitrogens with two attached hydrogens (primary N) is 1. The van der Waals surface area contributed by atoms with Crippen LogP contribution in [0.4, 0.5) is 11.6 Å². The number of hydrogen-bond donors (Lipinski definition) is 3. The Morgan fingerprint density at radius 2 is 2.00 bits per heavy atom. The molecule has 108 valence electrons. The van der Waals surface area contributed by atoms with Gasteiger partial charge in [0, 0.05) is 25.5 Å². The Morgan fingerprint density at radius 3 is 2.70 bits per heavy atom. The Labute approximate surface area is 127 Å². The van der Waals surface area contributed by atoms with Gasteiger partial charge in [-0.3, -0.25) is 0 Å². The number of aryl methyl sites for hydroxylation is 1. The Balaban J connectivity index is 1.79. The smallest absolute Gasteiger partial charge is 0.161 e. The zero-order valence-corrected chi connectivity index (χ0v) is 12.3. The zero-order chi connectivity index (χ0) is 14.4. The van der Waals surface area contributed by atoms with Crippen molar-refractivity contribution in [2.75, 3.05) is 17.3 Å². The topological polar surface area (TPSA) is 80.8 Å². The van der Waals surface area contributed by atoms with Gasteiger partial charge < -0.3 is 15.3 Å². The molecule has 2 aromatic heterocycles. The lowest BCUT2D eigenvalue weighted by Gasteiger charge is -2.10. The maximum atomic E-state index is 6.06. The summed E-state index contributed by atoms with van der Waals surface area (Å²) in [5, 5.41) is 4.04. The Kier molecular flexibility index (Phi) is 5.46. The Hall–Kier alpha value is -1.50. The maximum absolute atomic E-state index is 6.06. The predicted molar refractivity (Wildman–Crippen MR) is 82.0 cm³/mol. The van der Waals surface area contributed by atoms with Gasteiger partial charge in [0.2, 0.25) is 0 Å². The molecule has 0 saturated carbocycles. The summed E-state index contributed by atoms with van der Waals surface area (Å²) in [5.74, 6) is 6.30. The molecule has 20 heavy (non-hydrogen) atoms. The predicted octanol–water partition coefficient (Wildman–Crippen LogP) is 2.76. The van der Waals surface area contributed by atoms with Gasteiger partial charge in [-0.2, -0.15) is 0 Å². The Morgan fingerprint density at radius 1 is 1.20 bits per heavy atom. The monoisotopic (exact) mass is 314 g/mol. The van der Waals surface area contributed by atoms with Gasteiger partial charge >= 0.3 is 0 Å². The normalized spacial score (nSPS) is 10.6. The fourth-order valence-corrected chi connectivity index (χ4v) is 2.22. The van der Waals surface area contributed by atoms with E-state index in [1.54, 1.807) is 12.3 Å². The molecule has 6 nitrogen and oxygen atoms in total. The minimum Gasteiger partial charge on any atom is -0.369 e. The van der Waals surface area contributed by atoms with Crippen LogP contribution in [0.3, 0.4) is 0 Å². The Bertz CT molecular complexity index is 543. The van der Waals surface area contributed by atoms with Crippen LogP contribution in [-0.2, 0) is 6.54 Å². The van der Waals surface area contributed by atoms with E-state index in [0.29, 0.717) is 21.7 Å². The van der Waals surface area contributed by atoms with Crippen molar-refractivity contribution in [2.45, 2.75) is 19.4 Å². The number of rotatable bonds is 7. The number of nitrogen functional groups attached to an aromatic ring is 1. The summed E-state index contributed by atoms with van der Waals surface area (Å²) >= 11 is 12.0. The molecule has 0 unspecified atom stereocenters. The van der Waals surface area contributed by atoms with Crippen LogP contribution in [0.1, 0.15) is 12.8 Å². The summed E-state index contributed by atoms with van der Waals surface area (Å²) in [7, 11) is 0. The third kappa shape index (κ3) is 4.00. The first-order valence-electron chi connectivity index (χ1n) is 6.23. The molecule has 2 rings (SSSR count). The lowest BCUT2D eigenvalue weighted by molar-refractivity contribution is 0.621. The second-order valence-corrected chi connectivity index (χ2v) is 5.04. The van der Waals surface area contributed by atoms with E-state index in [0.717, 1.165) is 25.9 Å². The van der Waals surface area contributed by atoms with Crippen molar-refractivity contribution in [1.29, 1.82) is 0 Å². The summed E-state index contributed by atoms with van der Waals surface area (Å²) in [6.07, 6.45) is 7.56. The van der Waals surface area contributed by atoms with E-state index in [1.165, 1.54) is 0 Å². The van der Waals surface area contributed by atoms with Gasteiger partial charge in [0.25, 0.3) is 0 Å². The van der Waals surface area contributed by atoms with Gasteiger partial charge in [-0.25, -0.2) is 15.8 Å². The van der Waals surface area contributed by atoms with Crippen LogP contribution >= 0.6 is 23.2 Å². The molecule has 0 atom stereocenters. The van der Waals surface area contributed by atoms with Crippen LogP contribution in [0.25, 0.3) is 0 Å². The van der Waals surface area contributed by atoms with Crippen molar-refractivity contribution in [3.63, 3.8) is 0 Å². The fraction of sp³-hybridized carbons (Fsp3) is 0.333.